The zero-order valence-electron chi connectivity index (χ0n) is 18.0. The van der Waals surface area contributed by atoms with Crippen LogP contribution in [0.2, 0.25) is 0 Å². The largest absolute Gasteiger partial charge is 0.348 e. The smallest absolute Gasteiger partial charge is 0.331 e. The molecule has 2 N–H and O–H groups in total. The third-order valence-electron chi connectivity index (χ3n) is 5.32. The minimum absolute atomic E-state index is 0.154. The number of amides is 1. The lowest BCUT2D eigenvalue weighted by Gasteiger charge is -2.21. The van der Waals surface area contributed by atoms with Crippen molar-refractivity contribution >= 4 is 39.4 Å². The molecular weight excluding hydrogens is 537 g/mol. The summed E-state index contributed by atoms with van der Waals surface area (Å²) in [4.78, 5) is 43.7. The molecule has 1 aromatic heterocycles. The summed E-state index contributed by atoms with van der Waals surface area (Å²) >= 11 is 2.20. The number of nitrogens with one attached hydrogen (secondary N) is 2. The number of hydrogen-bond donors (Lipinski definition) is 2. The molecule has 4 rings (SSSR count). The van der Waals surface area contributed by atoms with Gasteiger partial charge in [-0.05, 0) is 70.1 Å². The van der Waals surface area contributed by atoms with Crippen LogP contribution in [0.3, 0.4) is 0 Å². The first-order valence-electron chi connectivity index (χ1n) is 10.1. The van der Waals surface area contributed by atoms with Gasteiger partial charge in [0.25, 0.3) is 11.5 Å². The number of rotatable bonds is 6. The van der Waals surface area contributed by atoms with Crippen molar-refractivity contribution in [2.45, 2.75) is 6.54 Å². The Morgan fingerprint density at radius 2 is 1.91 bits per heavy atom. The van der Waals surface area contributed by atoms with Crippen LogP contribution >= 0.6 is 22.6 Å². The molecule has 33 heavy (non-hydrogen) atoms. The van der Waals surface area contributed by atoms with Gasteiger partial charge in [0.05, 0.1) is 30.8 Å². The van der Waals surface area contributed by atoms with Gasteiger partial charge in [0, 0.05) is 28.9 Å². The van der Waals surface area contributed by atoms with Gasteiger partial charge in [0.1, 0.15) is 0 Å². The molecule has 0 saturated heterocycles. The summed E-state index contributed by atoms with van der Waals surface area (Å²) in [6, 6.07) is 12.4. The Kier molecular flexibility index (Phi) is 6.65. The second kappa shape index (κ2) is 9.63. The van der Waals surface area contributed by atoms with Gasteiger partial charge in [-0.2, -0.15) is 5.17 Å². The Morgan fingerprint density at radius 3 is 2.58 bits per heavy atom. The van der Waals surface area contributed by atoms with Gasteiger partial charge < -0.3 is 5.32 Å². The monoisotopic (exact) mass is 559 g/mol. The third-order valence-corrected chi connectivity index (χ3v) is 6.04. The average Bonchev–Trinajstić information content (AvgIpc) is 2.85. The normalized spacial score (nSPS) is 13.1. The molecule has 0 spiro atoms. The van der Waals surface area contributed by atoms with Crippen LogP contribution in [0.25, 0.3) is 10.9 Å². The van der Waals surface area contributed by atoms with E-state index in [4.69, 9.17) is 4.84 Å². The van der Waals surface area contributed by atoms with Crippen molar-refractivity contribution < 1.29 is 9.63 Å². The molecule has 2 heterocycles. The lowest BCUT2D eigenvalue weighted by Crippen LogP contribution is -2.39. The molecule has 9 nitrogen and oxygen atoms in total. The lowest BCUT2D eigenvalue weighted by molar-refractivity contribution is -0.119. The van der Waals surface area contributed by atoms with Crippen molar-refractivity contribution in [1.82, 2.24) is 25.0 Å². The number of hydrogen-bond acceptors (Lipinski definition) is 6. The van der Waals surface area contributed by atoms with E-state index in [1.807, 2.05) is 24.3 Å². The van der Waals surface area contributed by atoms with Crippen LogP contribution in [0.4, 0.5) is 0 Å². The molecule has 1 amide bonds. The molecule has 0 saturated carbocycles. The maximum atomic E-state index is 13.2. The summed E-state index contributed by atoms with van der Waals surface area (Å²) in [5.41, 5.74) is 4.56. The van der Waals surface area contributed by atoms with Crippen LogP contribution in [0, 0.1) is 3.57 Å². The summed E-state index contributed by atoms with van der Waals surface area (Å²) in [7, 11) is 3.15. The van der Waals surface area contributed by atoms with Gasteiger partial charge in [-0.25, -0.2) is 4.79 Å². The molecule has 0 bridgehead atoms. The fourth-order valence-electron chi connectivity index (χ4n) is 3.48. The number of carbonyl (C=O) groups is 1. The quantitative estimate of drug-likeness (QED) is 0.448. The fourth-order valence-corrected chi connectivity index (χ4v) is 3.84. The van der Waals surface area contributed by atoms with E-state index in [2.05, 4.69) is 33.3 Å². The Morgan fingerprint density at radius 1 is 1.15 bits per heavy atom. The van der Waals surface area contributed by atoms with Crippen LogP contribution in [-0.4, -0.2) is 33.9 Å². The van der Waals surface area contributed by atoms with E-state index >= 15 is 0 Å². The Balaban J connectivity index is 1.61. The maximum absolute atomic E-state index is 13.2. The summed E-state index contributed by atoms with van der Waals surface area (Å²) in [5, 5.41) is 4.56. The molecule has 3 aromatic rings. The second-order valence-electron chi connectivity index (χ2n) is 7.45. The number of fused-ring (bicyclic) bond motifs is 1. The molecule has 1 aliphatic rings. The van der Waals surface area contributed by atoms with Crippen molar-refractivity contribution in [3.8, 4) is 0 Å². The minimum atomic E-state index is -0.428. The summed E-state index contributed by atoms with van der Waals surface area (Å²) in [6.07, 6.45) is 5.21. The topological polar surface area (TPSA) is 97.6 Å². The first-order chi connectivity index (χ1) is 15.9. The predicted molar refractivity (Wildman–Crippen MR) is 133 cm³/mol. The molecule has 0 aliphatic carbocycles. The van der Waals surface area contributed by atoms with Crippen molar-refractivity contribution in [1.29, 1.82) is 0 Å². The molecule has 0 fully saturated rings. The van der Waals surface area contributed by atoms with Crippen molar-refractivity contribution in [3.63, 3.8) is 0 Å². The zero-order chi connectivity index (χ0) is 23.5. The minimum Gasteiger partial charge on any atom is -0.348 e. The van der Waals surface area contributed by atoms with Gasteiger partial charge in [-0.3, -0.25) is 29.0 Å². The van der Waals surface area contributed by atoms with Crippen LogP contribution in [0.15, 0.2) is 76.1 Å². The standard InChI is InChI=1S/C23H22IN5O4/c1-27-20-8-5-17(21(30)25-12-16-9-10-29(33-2)26-13-16)11-19(20)22(31)28(23(27)32)14-15-3-6-18(24)7-4-15/h3-11,13,26H,12,14H2,1-2H3,(H,25,30). The molecule has 170 valence electrons. The number of halogens is 1. The van der Waals surface area contributed by atoms with Crippen LogP contribution in [0.1, 0.15) is 15.9 Å². The van der Waals surface area contributed by atoms with Gasteiger partial charge in [-0.15, -0.1) is 0 Å². The molecule has 0 unspecified atom stereocenters. The molecular formula is C23H22IN5O4. The van der Waals surface area contributed by atoms with Gasteiger partial charge in [0.15, 0.2) is 0 Å². The second-order valence-corrected chi connectivity index (χ2v) is 8.69. The van der Waals surface area contributed by atoms with Gasteiger partial charge in [-0.1, -0.05) is 12.1 Å². The van der Waals surface area contributed by atoms with Crippen LogP contribution < -0.4 is 22.0 Å². The highest BCUT2D eigenvalue weighted by molar-refractivity contribution is 14.1. The summed E-state index contributed by atoms with van der Waals surface area (Å²) in [5.74, 6) is -0.321. The third kappa shape index (κ3) is 4.86. The van der Waals surface area contributed by atoms with E-state index in [1.54, 1.807) is 37.7 Å². The van der Waals surface area contributed by atoms with E-state index in [-0.39, 0.29) is 12.5 Å². The number of aryl methyl sites for hydroxylation is 1. The number of hydrazine groups is 1. The van der Waals surface area contributed by atoms with E-state index in [9.17, 15) is 14.4 Å². The Bertz CT molecular complexity index is 1390. The zero-order valence-corrected chi connectivity index (χ0v) is 20.2. The fraction of sp³-hybridized carbons (Fsp3) is 0.174. The van der Waals surface area contributed by atoms with E-state index < -0.39 is 11.2 Å². The highest BCUT2D eigenvalue weighted by Crippen LogP contribution is 2.13. The van der Waals surface area contributed by atoms with Crippen molar-refractivity contribution in [3.05, 3.63) is 102 Å². The first kappa shape index (κ1) is 22.8. The van der Waals surface area contributed by atoms with E-state index in [0.717, 1.165) is 14.7 Å². The lowest BCUT2D eigenvalue weighted by atomic mass is 10.1. The number of aromatic nitrogens is 2. The first-order valence-corrected chi connectivity index (χ1v) is 11.2. The van der Waals surface area contributed by atoms with Crippen molar-refractivity contribution in [2.24, 2.45) is 7.05 Å². The van der Waals surface area contributed by atoms with Crippen LogP contribution in [-0.2, 0) is 18.4 Å². The summed E-state index contributed by atoms with van der Waals surface area (Å²) < 4.78 is 3.68. The molecule has 0 atom stereocenters. The summed E-state index contributed by atoms with van der Waals surface area (Å²) in [6.45, 7) is 0.447. The number of carbonyl (C=O) groups excluding carboxylic acids is 1. The average molecular weight is 559 g/mol. The molecule has 1 aliphatic heterocycles. The molecule has 10 heteroatoms. The van der Waals surface area contributed by atoms with Gasteiger partial charge in [0.2, 0.25) is 0 Å². The maximum Gasteiger partial charge on any atom is 0.331 e. The predicted octanol–water partition coefficient (Wildman–Crippen LogP) is 1.86. The van der Waals surface area contributed by atoms with Crippen molar-refractivity contribution in [2.75, 3.05) is 13.7 Å². The van der Waals surface area contributed by atoms with E-state index in [1.165, 1.54) is 27.5 Å². The Labute approximate surface area is 203 Å². The molecule has 2 aromatic carbocycles. The Hall–Kier alpha value is -3.38. The number of nitrogens with zero attached hydrogens (tertiary/aromatic N) is 3. The van der Waals surface area contributed by atoms with Gasteiger partial charge >= 0.3 is 5.69 Å². The van der Waals surface area contributed by atoms with E-state index in [0.29, 0.717) is 23.0 Å². The van der Waals surface area contributed by atoms with Crippen LogP contribution in [0.5, 0.6) is 0 Å². The SMILES string of the molecule is CON1C=CC(CNC(=O)c2ccc3c(c2)c(=O)n(Cc2ccc(I)cc2)c(=O)n3C)=CN1. The highest BCUT2D eigenvalue weighted by atomic mass is 127. The number of benzene rings is 2. The molecule has 0 radical (unpaired) electrons. The number of hydroxylamine groups is 1. The highest BCUT2D eigenvalue weighted by Gasteiger charge is 2.15.